The minimum Gasteiger partial charge on any atom is -0.320 e. The SMILES string of the molecule is C=CCN(C(C)C)S(=O)(=O)CCCCNC. The lowest BCUT2D eigenvalue weighted by molar-refractivity contribution is 0.382. The molecule has 1 N–H and O–H groups in total. The highest BCUT2D eigenvalue weighted by Crippen LogP contribution is 2.09. The largest absolute Gasteiger partial charge is 0.320 e. The van der Waals surface area contributed by atoms with Gasteiger partial charge < -0.3 is 5.32 Å². The van der Waals surface area contributed by atoms with E-state index in [2.05, 4.69) is 11.9 Å². The van der Waals surface area contributed by atoms with Crippen molar-refractivity contribution in [3.8, 4) is 0 Å². The van der Waals surface area contributed by atoms with E-state index in [4.69, 9.17) is 0 Å². The molecule has 0 fully saturated rings. The lowest BCUT2D eigenvalue weighted by Gasteiger charge is -2.24. The molecule has 0 rings (SSSR count). The predicted octanol–water partition coefficient (Wildman–Crippen LogP) is 1.21. The fourth-order valence-electron chi connectivity index (χ4n) is 1.48. The summed E-state index contributed by atoms with van der Waals surface area (Å²) < 4.78 is 25.5. The second kappa shape index (κ2) is 7.81. The number of hydrogen-bond acceptors (Lipinski definition) is 3. The standard InChI is InChI=1S/C11H24N2O2S/c1-5-9-13(11(2)3)16(14,15)10-7-6-8-12-4/h5,11-12H,1,6-10H2,2-4H3. The zero-order chi connectivity index (χ0) is 12.6. The van der Waals surface area contributed by atoms with Crippen molar-refractivity contribution in [3.63, 3.8) is 0 Å². The van der Waals surface area contributed by atoms with Crippen LogP contribution in [0.15, 0.2) is 12.7 Å². The van der Waals surface area contributed by atoms with E-state index in [9.17, 15) is 8.42 Å². The monoisotopic (exact) mass is 248 g/mol. The lowest BCUT2D eigenvalue weighted by Crippen LogP contribution is -2.38. The molecule has 0 bridgehead atoms. The van der Waals surface area contributed by atoms with E-state index in [1.165, 1.54) is 4.31 Å². The van der Waals surface area contributed by atoms with E-state index in [1.807, 2.05) is 20.9 Å². The molecule has 96 valence electrons. The van der Waals surface area contributed by atoms with Crippen LogP contribution in [-0.4, -0.2) is 44.7 Å². The Bertz CT molecular complexity index is 286. The van der Waals surface area contributed by atoms with Gasteiger partial charge in [-0.05, 0) is 40.3 Å². The van der Waals surface area contributed by atoms with E-state index in [1.54, 1.807) is 6.08 Å². The van der Waals surface area contributed by atoms with Gasteiger partial charge in [0.25, 0.3) is 0 Å². The summed E-state index contributed by atoms with van der Waals surface area (Å²) in [6, 6.07) is -0.00713. The number of hydrogen-bond donors (Lipinski definition) is 1. The lowest BCUT2D eigenvalue weighted by atomic mass is 10.3. The van der Waals surface area contributed by atoms with Crippen molar-refractivity contribution < 1.29 is 8.42 Å². The fraction of sp³-hybridized carbons (Fsp3) is 0.818. The van der Waals surface area contributed by atoms with Crippen LogP contribution in [0, 0.1) is 0 Å². The molecule has 0 aromatic rings. The first-order valence-corrected chi connectivity index (χ1v) is 7.31. The quantitative estimate of drug-likeness (QED) is 0.493. The molecular formula is C11H24N2O2S. The Kier molecular flexibility index (Phi) is 7.62. The molecule has 0 aliphatic rings. The van der Waals surface area contributed by atoms with Gasteiger partial charge in [0.2, 0.25) is 10.0 Å². The molecule has 0 aromatic heterocycles. The number of rotatable bonds is 9. The third kappa shape index (κ3) is 5.63. The average molecular weight is 248 g/mol. The zero-order valence-electron chi connectivity index (χ0n) is 10.6. The number of unbranched alkanes of at least 4 members (excludes halogenated alkanes) is 1. The predicted molar refractivity (Wildman–Crippen MR) is 69.0 cm³/mol. The Hall–Kier alpha value is -0.390. The van der Waals surface area contributed by atoms with Gasteiger partial charge >= 0.3 is 0 Å². The van der Waals surface area contributed by atoms with Crippen LogP contribution < -0.4 is 5.32 Å². The van der Waals surface area contributed by atoms with Gasteiger partial charge in [-0.2, -0.15) is 4.31 Å². The molecule has 0 atom stereocenters. The number of sulfonamides is 1. The van der Waals surface area contributed by atoms with E-state index in [0.29, 0.717) is 13.0 Å². The molecule has 0 amide bonds. The van der Waals surface area contributed by atoms with Gasteiger partial charge in [0.05, 0.1) is 5.75 Å². The summed E-state index contributed by atoms with van der Waals surface area (Å²) in [5.41, 5.74) is 0. The van der Waals surface area contributed by atoms with Crippen molar-refractivity contribution in [3.05, 3.63) is 12.7 Å². The van der Waals surface area contributed by atoms with Crippen LogP contribution in [-0.2, 0) is 10.0 Å². The van der Waals surface area contributed by atoms with Crippen LogP contribution >= 0.6 is 0 Å². The molecule has 0 spiro atoms. The topological polar surface area (TPSA) is 49.4 Å². The van der Waals surface area contributed by atoms with Crippen molar-refractivity contribution in [2.45, 2.75) is 32.7 Å². The van der Waals surface area contributed by atoms with Crippen LogP contribution in [0.2, 0.25) is 0 Å². The van der Waals surface area contributed by atoms with Gasteiger partial charge in [0, 0.05) is 12.6 Å². The molecule has 0 radical (unpaired) electrons. The molecule has 4 nitrogen and oxygen atoms in total. The normalized spacial score (nSPS) is 12.3. The van der Waals surface area contributed by atoms with Gasteiger partial charge in [0.15, 0.2) is 0 Å². The number of nitrogens with zero attached hydrogens (tertiary/aromatic N) is 1. The van der Waals surface area contributed by atoms with Crippen molar-refractivity contribution in [1.29, 1.82) is 0 Å². The Morgan fingerprint density at radius 1 is 1.38 bits per heavy atom. The maximum Gasteiger partial charge on any atom is 0.214 e. The molecule has 0 aromatic carbocycles. The second-order valence-electron chi connectivity index (χ2n) is 4.08. The van der Waals surface area contributed by atoms with Crippen molar-refractivity contribution in [2.75, 3.05) is 25.9 Å². The summed E-state index contributed by atoms with van der Waals surface area (Å²) >= 11 is 0. The van der Waals surface area contributed by atoms with Gasteiger partial charge in [-0.25, -0.2) is 8.42 Å². The molecular weight excluding hydrogens is 224 g/mol. The number of nitrogens with one attached hydrogen (secondary N) is 1. The Labute approximate surface area is 99.8 Å². The van der Waals surface area contributed by atoms with Gasteiger partial charge in [0.1, 0.15) is 0 Å². The Morgan fingerprint density at radius 3 is 2.44 bits per heavy atom. The Morgan fingerprint density at radius 2 is 2.00 bits per heavy atom. The van der Waals surface area contributed by atoms with Crippen molar-refractivity contribution >= 4 is 10.0 Å². The minimum atomic E-state index is -3.13. The summed E-state index contributed by atoms with van der Waals surface area (Å²) in [4.78, 5) is 0. The average Bonchev–Trinajstić information content (AvgIpc) is 2.20. The Balaban J connectivity index is 4.31. The third-order valence-electron chi connectivity index (χ3n) is 2.32. The highest BCUT2D eigenvalue weighted by atomic mass is 32.2. The smallest absolute Gasteiger partial charge is 0.214 e. The van der Waals surface area contributed by atoms with E-state index in [0.717, 1.165) is 13.0 Å². The summed E-state index contributed by atoms with van der Waals surface area (Å²) in [5.74, 6) is 0.223. The van der Waals surface area contributed by atoms with E-state index < -0.39 is 10.0 Å². The first kappa shape index (κ1) is 15.6. The maximum absolute atomic E-state index is 12.0. The molecule has 16 heavy (non-hydrogen) atoms. The minimum absolute atomic E-state index is 0.00713. The summed E-state index contributed by atoms with van der Waals surface area (Å²) in [5, 5.41) is 3.01. The molecule has 0 unspecified atom stereocenters. The second-order valence-corrected chi connectivity index (χ2v) is 6.12. The third-order valence-corrected chi connectivity index (χ3v) is 4.41. The first-order valence-electron chi connectivity index (χ1n) is 5.70. The van der Waals surface area contributed by atoms with Crippen molar-refractivity contribution in [2.24, 2.45) is 0 Å². The maximum atomic E-state index is 12.0. The fourth-order valence-corrected chi connectivity index (χ4v) is 3.25. The summed E-state index contributed by atoms with van der Waals surface area (Å²) in [6.45, 7) is 8.61. The van der Waals surface area contributed by atoms with E-state index >= 15 is 0 Å². The molecule has 0 saturated carbocycles. The highest BCUT2D eigenvalue weighted by molar-refractivity contribution is 7.89. The van der Waals surface area contributed by atoms with Crippen LogP contribution in [0.3, 0.4) is 0 Å². The van der Waals surface area contributed by atoms with Crippen LogP contribution in [0.1, 0.15) is 26.7 Å². The molecule has 0 heterocycles. The van der Waals surface area contributed by atoms with Gasteiger partial charge in [-0.3, -0.25) is 0 Å². The van der Waals surface area contributed by atoms with Gasteiger partial charge in [-0.1, -0.05) is 6.08 Å². The van der Waals surface area contributed by atoms with Crippen LogP contribution in [0.5, 0.6) is 0 Å². The van der Waals surface area contributed by atoms with Crippen LogP contribution in [0.4, 0.5) is 0 Å². The van der Waals surface area contributed by atoms with Crippen molar-refractivity contribution in [1.82, 2.24) is 9.62 Å². The van der Waals surface area contributed by atoms with Crippen LogP contribution in [0.25, 0.3) is 0 Å². The molecule has 5 heteroatoms. The molecule has 0 saturated heterocycles. The summed E-state index contributed by atoms with van der Waals surface area (Å²) in [7, 11) is -1.26. The first-order chi connectivity index (χ1) is 7.45. The van der Waals surface area contributed by atoms with E-state index in [-0.39, 0.29) is 11.8 Å². The highest BCUT2D eigenvalue weighted by Gasteiger charge is 2.22. The zero-order valence-corrected chi connectivity index (χ0v) is 11.4. The molecule has 0 aliphatic heterocycles. The summed E-state index contributed by atoms with van der Waals surface area (Å²) in [6.07, 6.45) is 3.21. The molecule has 0 aliphatic carbocycles. The van der Waals surface area contributed by atoms with Gasteiger partial charge in [-0.15, -0.1) is 6.58 Å².